The van der Waals surface area contributed by atoms with Crippen LogP contribution in [0.1, 0.15) is 56.2 Å². The number of benzene rings is 1. The first-order valence-electron chi connectivity index (χ1n) is 7.53. The van der Waals surface area contributed by atoms with E-state index in [4.69, 9.17) is 21.1 Å². The molecule has 20 heavy (non-hydrogen) atoms. The van der Waals surface area contributed by atoms with Crippen molar-refractivity contribution >= 4 is 11.6 Å². The molecule has 112 valence electrons. The lowest BCUT2D eigenvalue weighted by molar-refractivity contribution is 0.309. The molecular formula is C17H25ClO2. The van der Waals surface area contributed by atoms with Crippen LogP contribution in [0.5, 0.6) is 5.75 Å². The highest BCUT2D eigenvalue weighted by atomic mass is 35.5. The topological polar surface area (TPSA) is 21.8 Å². The highest BCUT2D eigenvalue weighted by molar-refractivity contribution is 6.32. The maximum Gasteiger partial charge on any atom is 0.123 e. The lowest BCUT2D eigenvalue weighted by Crippen LogP contribution is -2.08. The molecular weight excluding hydrogens is 272 g/mol. The third kappa shape index (κ3) is 3.29. The maximum atomic E-state index is 6.43. The summed E-state index contributed by atoms with van der Waals surface area (Å²) in [4.78, 5) is 0. The molecule has 2 rings (SSSR count). The number of ether oxygens (including phenoxy) is 2. The first kappa shape index (κ1) is 15.7. The van der Waals surface area contributed by atoms with Gasteiger partial charge in [0.15, 0.2) is 0 Å². The second kappa shape index (κ2) is 6.36. The standard InChI is InChI=1S/C17H25ClO2/c1-6-7-19-15-9-11(3)17(18)12(4)16(15)10(2)8-14-13(5)20-14/h9-10,13-14H,6-8H2,1-5H3. The van der Waals surface area contributed by atoms with Crippen LogP contribution in [0.25, 0.3) is 0 Å². The zero-order chi connectivity index (χ0) is 14.9. The lowest BCUT2D eigenvalue weighted by Gasteiger charge is -2.21. The molecule has 2 nitrogen and oxygen atoms in total. The van der Waals surface area contributed by atoms with Gasteiger partial charge in [-0.3, -0.25) is 0 Å². The number of hydrogen-bond acceptors (Lipinski definition) is 2. The molecule has 3 heteroatoms. The van der Waals surface area contributed by atoms with Crippen LogP contribution in [-0.2, 0) is 4.74 Å². The van der Waals surface area contributed by atoms with Gasteiger partial charge in [0, 0.05) is 10.6 Å². The molecule has 1 heterocycles. The Morgan fingerprint density at radius 2 is 2.05 bits per heavy atom. The van der Waals surface area contributed by atoms with E-state index in [1.54, 1.807) is 0 Å². The molecule has 1 aromatic carbocycles. The van der Waals surface area contributed by atoms with E-state index >= 15 is 0 Å². The summed E-state index contributed by atoms with van der Waals surface area (Å²) >= 11 is 6.43. The monoisotopic (exact) mass is 296 g/mol. The van der Waals surface area contributed by atoms with Crippen LogP contribution in [0.2, 0.25) is 5.02 Å². The van der Waals surface area contributed by atoms with Crippen molar-refractivity contribution in [3.63, 3.8) is 0 Å². The number of aryl methyl sites for hydroxylation is 1. The van der Waals surface area contributed by atoms with Gasteiger partial charge in [-0.25, -0.2) is 0 Å². The van der Waals surface area contributed by atoms with Crippen LogP contribution in [-0.4, -0.2) is 18.8 Å². The van der Waals surface area contributed by atoms with Crippen LogP contribution in [0, 0.1) is 13.8 Å². The van der Waals surface area contributed by atoms with Crippen molar-refractivity contribution in [1.82, 2.24) is 0 Å². The average molecular weight is 297 g/mol. The van der Waals surface area contributed by atoms with Gasteiger partial charge in [0.25, 0.3) is 0 Å². The van der Waals surface area contributed by atoms with Gasteiger partial charge >= 0.3 is 0 Å². The van der Waals surface area contributed by atoms with Crippen molar-refractivity contribution in [1.29, 1.82) is 0 Å². The van der Waals surface area contributed by atoms with Gasteiger partial charge in [0.1, 0.15) is 5.75 Å². The predicted octanol–water partition coefficient (Wildman–Crippen LogP) is 5.03. The van der Waals surface area contributed by atoms with Gasteiger partial charge in [0.2, 0.25) is 0 Å². The summed E-state index contributed by atoms with van der Waals surface area (Å²) in [5.41, 5.74) is 3.48. The average Bonchev–Trinajstić information content (AvgIpc) is 3.08. The normalized spacial score (nSPS) is 22.7. The first-order valence-corrected chi connectivity index (χ1v) is 7.91. The Morgan fingerprint density at radius 1 is 1.40 bits per heavy atom. The van der Waals surface area contributed by atoms with E-state index in [1.807, 2.05) is 6.92 Å². The Kier molecular flexibility index (Phi) is 4.98. The lowest BCUT2D eigenvalue weighted by atomic mass is 9.90. The van der Waals surface area contributed by atoms with E-state index in [9.17, 15) is 0 Å². The van der Waals surface area contributed by atoms with Crippen LogP contribution >= 0.6 is 11.6 Å². The van der Waals surface area contributed by atoms with Crippen molar-refractivity contribution < 1.29 is 9.47 Å². The van der Waals surface area contributed by atoms with Crippen LogP contribution in [0.15, 0.2) is 6.07 Å². The van der Waals surface area contributed by atoms with E-state index < -0.39 is 0 Å². The molecule has 1 aromatic rings. The zero-order valence-corrected chi connectivity index (χ0v) is 13.9. The maximum absolute atomic E-state index is 6.43. The number of rotatable bonds is 6. The minimum Gasteiger partial charge on any atom is -0.493 e. The summed E-state index contributed by atoms with van der Waals surface area (Å²) in [5, 5.41) is 0.862. The molecule has 0 saturated carbocycles. The van der Waals surface area contributed by atoms with Crippen molar-refractivity contribution in [3.8, 4) is 5.75 Å². The highest BCUT2D eigenvalue weighted by Crippen LogP contribution is 2.41. The largest absolute Gasteiger partial charge is 0.493 e. The van der Waals surface area contributed by atoms with E-state index in [-0.39, 0.29) is 0 Å². The Bertz CT molecular complexity index is 484. The van der Waals surface area contributed by atoms with Gasteiger partial charge in [-0.15, -0.1) is 0 Å². The second-order valence-corrected chi connectivity index (χ2v) is 6.29. The van der Waals surface area contributed by atoms with Gasteiger partial charge in [0.05, 0.1) is 18.8 Å². The summed E-state index contributed by atoms with van der Waals surface area (Å²) in [6.45, 7) is 11.4. The minimum absolute atomic E-state index is 0.392. The Morgan fingerprint density at radius 3 is 2.60 bits per heavy atom. The van der Waals surface area contributed by atoms with E-state index in [0.717, 1.165) is 41.3 Å². The van der Waals surface area contributed by atoms with Gasteiger partial charge in [-0.1, -0.05) is 25.4 Å². The second-order valence-electron chi connectivity index (χ2n) is 5.91. The van der Waals surface area contributed by atoms with Crippen molar-refractivity contribution in [2.24, 2.45) is 0 Å². The zero-order valence-electron chi connectivity index (χ0n) is 13.1. The molecule has 1 saturated heterocycles. The molecule has 0 bridgehead atoms. The smallest absolute Gasteiger partial charge is 0.123 e. The van der Waals surface area contributed by atoms with Crippen molar-refractivity contribution in [3.05, 3.63) is 27.8 Å². The summed E-state index contributed by atoms with van der Waals surface area (Å²) in [6.07, 6.45) is 2.84. The minimum atomic E-state index is 0.392. The van der Waals surface area contributed by atoms with Gasteiger partial charge in [-0.05, 0) is 56.7 Å². The van der Waals surface area contributed by atoms with Gasteiger partial charge in [-0.2, -0.15) is 0 Å². The molecule has 3 atom stereocenters. The number of epoxide rings is 1. The van der Waals surface area contributed by atoms with Crippen LogP contribution in [0.4, 0.5) is 0 Å². The van der Waals surface area contributed by atoms with Crippen LogP contribution < -0.4 is 4.74 Å². The first-order chi connectivity index (χ1) is 9.45. The third-order valence-electron chi connectivity index (χ3n) is 4.07. The van der Waals surface area contributed by atoms with E-state index in [1.165, 1.54) is 5.56 Å². The third-order valence-corrected chi connectivity index (χ3v) is 4.65. The molecule has 1 aliphatic heterocycles. The Balaban J connectivity index is 2.29. The molecule has 3 unspecified atom stereocenters. The quantitative estimate of drug-likeness (QED) is 0.687. The SMILES string of the molecule is CCCOc1cc(C)c(Cl)c(C)c1C(C)CC1OC1C. The molecule has 0 amide bonds. The molecule has 0 aliphatic carbocycles. The van der Waals surface area contributed by atoms with Crippen molar-refractivity contribution in [2.45, 2.75) is 65.6 Å². The van der Waals surface area contributed by atoms with Crippen LogP contribution in [0.3, 0.4) is 0 Å². The summed E-state index contributed by atoms with van der Waals surface area (Å²) in [6, 6.07) is 2.08. The summed E-state index contributed by atoms with van der Waals surface area (Å²) in [5.74, 6) is 1.39. The number of hydrogen-bond donors (Lipinski definition) is 0. The highest BCUT2D eigenvalue weighted by Gasteiger charge is 2.36. The fourth-order valence-corrected chi connectivity index (χ4v) is 2.98. The summed E-state index contributed by atoms with van der Waals surface area (Å²) < 4.78 is 11.5. The molecule has 0 N–H and O–H groups in total. The fraction of sp³-hybridized carbons (Fsp3) is 0.647. The fourth-order valence-electron chi connectivity index (χ4n) is 2.82. The van der Waals surface area contributed by atoms with E-state index in [2.05, 4.69) is 33.8 Å². The molecule has 0 radical (unpaired) electrons. The molecule has 1 fully saturated rings. The van der Waals surface area contributed by atoms with E-state index in [0.29, 0.717) is 18.1 Å². The Labute approximate surface area is 127 Å². The van der Waals surface area contributed by atoms with Gasteiger partial charge < -0.3 is 9.47 Å². The Hall–Kier alpha value is -0.730. The number of halogens is 1. The molecule has 0 spiro atoms. The molecule has 0 aromatic heterocycles. The molecule has 1 aliphatic rings. The van der Waals surface area contributed by atoms with Crippen molar-refractivity contribution in [2.75, 3.05) is 6.61 Å². The predicted molar refractivity (Wildman–Crippen MR) is 84.1 cm³/mol. The summed E-state index contributed by atoms with van der Waals surface area (Å²) in [7, 11) is 0.